The lowest BCUT2D eigenvalue weighted by molar-refractivity contribution is 0.275. The van der Waals surface area contributed by atoms with Gasteiger partial charge in [0.05, 0.1) is 13.2 Å². The Morgan fingerprint density at radius 1 is 0.714 bits per heavy atom. The molecular formula is C14H18BO6. The van der Waals surface area contributed by atoms with Crippen molar-refractivity contribution in [1.29, 1.82) is 0 Å². The van der Waals surface area contributed by atoms with Gasteiger partial charge in [0.2, 0.25) is 0 Å². The van der Waals surface area contributed by atoms with E-state index in [0.29, 0.717) is 22.6 Å². The lowest BCUT2D eigenvalue weighted by Gasteiger charge is -2.11. The average molecular weight is 293 g/mol. The first-order valence-electron chi connectivity index (χ1n) is 5.87. The highest BCUT2D eigenvalue weighted by atomic mass is 16.6. The van der Waals surface area contributed by atoms with Crippen LogP contribution in [0.15, 0.2) is 48.5 Å². The molecule has 0 aliphatic carbocycles. The first kappa shape index (κ1) is 18.9. The van der Waals surface area contributed by atoms with Crippen molar-refractivity contribution < 1.29 is 30.5 Å². The Morgan fingerprint density at radius 3 is 1.48 bits per heavy atom. The summed E-state index contributed by atoms with van der Waals surface area (Å²) in [4.78, 5) is 0. The molecule has 0 fully saturated rings. The fourth-order valence-electron chi connectivity index (χ4n) is 1.63. The molecule has 1 radical (unpaired) electrons. The molecule has 0 spiro atoms. The van der Waals surface area contributed by atoms with Crippen molar-refractivity contribution in [2.24, 2.45) is 0 Å². The van der Waals surface area contributed by atoms with Gasteiger partial charge in [-0.3, -0.25) is 0 Å². The van der Waals surface area contributed by atoms with Gasteiger partial charge < -0.3 is 30.5 Å². The molecule has 0 amide bonds. The standard InChI is InChI=1S/C14H14BO4.2H2O/c16-9-11-5-1-3-7-13(11)18-15-19-14-8-4-2-6-12(14)10-17;;/h1-8,16-17H,9-10H2;2*1H2. The van der Waals surface area contributed by atoms with Gasteiger partial charge in [0.25, 0.3) is 0 Å². The number of para-hydroxylation sites is 2. The van der Waals surface area contributed by atoms with Crippen LogP contribution in [0, 0.1) is 0 Å². The van der Waals surface area contributed by atoms with E-state index < -0.39 is 0 Å². The Balaban J connectivity index is 0.00000200. The largest absolute Gasteiger partial charge is 0.658 e. The number of rotatable bonds is 6. The van der Waals surface area contributed by atoms with Crippen molar-refractivity contribution in [3.05, 3.63) is 59.7 Å². The molecule has 0 saturated carbocycles. The van der Waals surface area contributed by atoms with E-state index in [1.54, 1.807) is 24.3 Å². The summed E-state index contributed by atoms with van der Waals surface area (Å²) in [7, 11) is 1.18. The molecule has 6 N–H and O–H groups in total. The molecule has 2 aromatic carbocycles. The van der Waals surface area contributed by atoms with Crippen LogP contribution in [-0.2, 0) is 13.2 Å². The molecule has 0 saturated heterocycles. The van der Waals surface area contributed by atoms with Crippen LogP contribution in [0.2, 0.25) is 0 Å². The van der Waals surface area contributed by atoms with Gasteiger partial charge in [-0.25, -0.2) is 0 Å². The van der Waals surface area contributed by atoms with Gasteiger partial charge in [0, 0.05) is 11.1 Å². The minimum Gasteiger partial charge on any atom is -0.526 e. The molecule has 0 bridgehead atoms. The summed E-state index contributed by atoms with van der Waals surface area (Å²) in [5.74, 6) is 1.07. The summed E-state index contributed by atoms with van der Waals surface area (Å²) in [5, 5.41) is 18.3. The van der Waals surface area contributed by atoms with E-state index in [9.17, 15) is 0 Å². The van der Waals surface area contributed by atoms with E-state index in [1.165, 1.54) is 7.69 Å². The predicted molar refractivity (Wildman–Crippen MR) is 79.0 cm³/mol. The van der Waals surface area contributed by atoms with Crippen LogP contribution in [-0.4, -0.2) is 28.9 Å². The van der Waals surface area contributed by atoms with Crippen molar-refractivity contribution in [3.63, 3.8) is 0 Å². The molecule has 0 aliphatic rings. The highest BCUT2D eigenvalue weighted by Gasteiger charge is 2.07. The predicted octanol–water partition coefficient (Wildman–Crippen LogP) is 0.0138. The smallest absolute Gasteiger partial charge is 0.526 e. The third-order valence-electron chi connectivity index (χ3n) is 2.64. The van der Waals surface area contributed by atoms with Gasteiger partial charge in [0.1, 0.15) is 11.5 Å². The van der Waals surface area contributed by atoms with Gasteiger partial charge in [-0.1, -0.05) is 36.4 Å². The SMILES string of the molecule is O.O.OCc1ccccc1O[B]Oc1ccccc1CO. The number of aliphatic hydroxyl groups is 2. The second-order valence-electron chi connectivity index (χ2n) is 3.86. The average Bonchev–Trinajstić information content (AvgIpc) is 2.48. The summed E-state index contributed by atoms with van der Waals surface area (Å²) < 4.78 is 10.7. The van der Waals surface area contributed by atoms with Crippen molar-refractivity contribution in [2.45, 2.75) is 13.2 Å². The first-order valence-corrected chi connectivity index (χ1v) is 5.87. The minimum atomic E-state index is -0.1000. The van der Waals surface area contributed by atoms with E-state index in [4.69, 9.17) is 19.5 Å². The molecule has 21 heavy (non-hydrogen) atoms. The topological polar surface area (TPSA) is 122 Å². The Hall–Kier alpha value is -2.06. The van der Waals surface area contributed by atoms with E-state index >= 15 is 0 Å². The van der Waals surface area contributed by atoms with Gasteiger partial charge >= 0.3 is 7.69 Å². The lowest BCUT2D eigenvalue weighted by atomic mass is 10.2. The Kier molecular flexibility index (Phi) is 8.83. The lowest BCUT2D eigenvalue weighted by Crippen LogP contribution is -2.13. The summed E-state index contributed by atoms with van der Waals surface area (Å²) in [5.41, 5.74) is 1.36. The maximum atomic E-state index is 9.15. The van der Waals surface area contributed by atoms with Crippen molar-refractivity contribution in [2.75, 3.05) is 0 Å². The van der Waals surface area contributed by atoms with Gasteiger partial charge in [-0.15, -0.1) is 0 Å². The zero-order chi connectivity index (χ0) is 13.5. The molecule has 0 atom stereocenters. The summed E-state index contributed by atoms with van der Waals surface area (Å²) in [6.45, 7) is -0.200. The first-order chi connectivity index (χ1) is 9.35. The monoisotopic (exact) mass is 293 g/mol. The zero-order valence-corrected chi connectivity index (χ0v) is 11.3. The molecule has 0 unspecified atom stereocenters. The van der Waals surface area contributed by atoms with Crippen LogP contribution in [0.5, 0.6) is 11.5 Å². The normalized spacial score (nSPS) is 9.05. The van der Waals surface area contributed by atoms with Crippen LogP contribution in [0.25, 0.3) is 0 Å². The quantitative estimate of drug-likeness (QED) is 0.728. The fourth-order valence-corrected chi connectivity index (χ4v) is 1.63. The number of aliphatic hydroxyl groups excluding tert-OH is 2. The van der Waals surface area contributed by atoms with Crippen molar-refractivity contribution in [1.82, 2.24) is 0 Å². The third kappa shape index (κ3) is 5.09. The zero-order valence-electron chi connectivity index (χ0n) is 11.3. The molecule has 0 aromatic heterocycles. The minimum absolute atomic E-state index is 0. The van der Waals surface area contributed by atoms with Crippen molar-refractivity contribution >= 4 is 7.69 Å². The molecule has 6 nitrogen and oxygen atoms in total. The third-order valence-corrected chi connectivity index (χ3v) is 2.64. The van der Waals surface area contributed by atoms with Crippen LogP contribution in [0.3, 0.4) is 0 Å². The Labute approximate surface area is 123 Å². The van der Waals surface area contributed by atoms with Crippen LogP contribution < -0.4 is 9.31 Å². The molecule has 0 heterocycles. The van der Waals surface area contributed by atoms with Crippen molar-refractivity contribution in [3.8, 4) is 11.5 Å². The van der Waals surface area contributed by atoms with E-state index in [0.717, 1.165) is 0 Å². The van der Waals surface area contributed by atoms with Gasteiger partial charge in [-0.2, -0.15) is 0 Å². The van der Waals surface area contributed by atoms with Crippen LogP contribution >= 0.6 is 0 Å². The highest BCUT2D eigenvalue weighted by Crippen LogP contribution is 2.19. The molecule has 0 aliphatic heterocycles. The highest BCUT2D eigenvalue weighted by molar-refractivity contribution is 6.20. The number of benzene rings is 2. The number of hydrogen-bond donors (Lipinski definition) is 2. The van der Waals surface area contributed by atoms with Gasteiger partial charge in [0.15, 0.2) is 0 Å². The second kappa shape index (κ2) is 9.79. The molecule has 2 aromatic rings. The van der Waals surface area contributed by atoms with Gasteiger partial charge in [-0.05, 0) is 12.1 Å². The molecule has 2 rings (SSSR count). The van der Waals surface area contributed by atoms with E-state index in [1.807, 2.05) is 24.3 Å². The van der Waals surface area contributed by atoms with Crippen LogP contribution in [0.4, 0.5) is 0 Å². The summed E-state index contributed by atoms with van der Waals surface area (Å²) >= 11 is 0. The second-order valence-corrected chi connectivity index (χ2v) is 3.86. The maximum Gasteiger partial charge on any atom is 0.658 e. The maximum absolute atomic E-state index is 9.15. The molecular weight excluding hydrogens is 275 g/mol. The fraction of sp³-hybridized carbons (Fsp3) is 0.143. The van der Waals surface area contributed by atoms with E-state index in [-0.39, 0.29) is 24.2 Å². The molecule has 7 heteroatoms. The molecule has 113 valence electrons. The Bertz CT molecular complexity index is 487. The summed E-state index contributed by atoms with van der Waals surface area (Å²) in [6, 6.07) is 14.3. The van der Waals surface area contributed by atoms with Crippen LogP contribution in [0.1, 0.15) is 11.1 Å². The number of hydrogen-bond acceptors (Lipinski definition) is 4. The Morgan fingerprint density at radius 2 is 1.10 bits per heavy atom. The van der Waals surface area contributed by atoms with E-state index in [2.05, 4.69) is 0 Å². The summed E-state index contributed by atoms with van der Waals surface area (Å²) in [6.07, 6.45) is 0.